The first-order chi connectivity index (χ1) is 10.7. The fourth-order valence-electron chi connectivity index (χ4n) is 2.60. The largest absolute Gasteiger partial charge is 0.489 e. The van der Waals surface area contributed by atoms with Gasteiger partial charge in [-0.15, -0.1) is 12.4 Å². The van der Waals surface area contributed by atoms with E-state index >= 15 is 0 Å². The molecule has 23 heavy (non-hydrogen) atoms. The molecule has 130 valence electrons. The lowest BCUT2D eigenvalue weighted by Gasteiger charge is -2.14. The quantitative estimate of drug-likeness (QED) is 0.713. The van der Waals surface area contributed by atoms with E-state index in [2.05, 4.69) is 10.6 Å². The van der Waals surface area contributed by atoms with Gasteiger partial charge in [-0.2, -0.15) is 0 Å². The lowest BCUT2D eigenvalue weighted by Crippen LogP contribution is -2.16. The van der Waals surface area contributed by atoms with Gasteiger partial charge in [-0.25, -0.2) is 0 Å². The molecule has 0 radical (unpaired) electrons. The summed E-state index contributed by atoms with van der Waals surface area (Å²) < 4.78 is 10.7. The highest BCUT2D eigenvalue weighted by atomic mass is 35.5. The van der Waals surface area contributed by atoms with Crippen LogP contribution in [-0.4, -0.2) is 39.3 Å². The predicted molar refractivity (Wildman–Crippen MR) is 94.6 cm³/mol. The summed E-state index contributed by atoms with van der Waals surface area (Å²) in [6.07, 6.45) is 2.66. The van der Waals surface area contributed by atoms with Crippen molar-refractivity contribution in [1.29, 1.82) is 0 Å². The van der Waals surface area contributed by atoms with Crippen molar-refractivity contribution in [3.8, 4) is 5.75 Å². The van der Waals surface area contributed by atoms with Gasteiger partial charge in [0.1, 0.15) is 12.4 Å². The second kappa shape index (κ2) is 10.5. The molecule has 0 bridgehead atoms. The molecule has 1 unspecified atom stereocenters. The third kappa shape index (κ3) is 6.77. The van der Waals surface area contributed by atoms with Gasteiger partial charge in [0, 0.05) is 13.5 Å². The molecule has 1 amide bonds. The molecule has 1 heterocycles. The summed E-state index contributed by atoms with van der Waals surface area (Å²) in [6.45, 7) is 5.10. The highest BCUT2D eigenvalue weighted by Crippen LogP contribution is 2.26. The number of benzene rings is 1. The SMILES string of the molecule is COCCOc1cc(C)ccc1NC(=O)CCC1CCNC1.Cl. The van der Waals surface area contributed by atoms with Crippen LogP contribution in [0.25, 0.3) is 0 Å². The number of halogens is 1. The summed E-state index contributed by atoms with van der Waals surface area (Å²) in [5.74, 6) is 1.38. The van der Waals surface area contributed by atoms with Crippen LogP contribution in [0.1, 0.15) is 24.8 Å². The van der Waals surface area contributed by atoms with E-state index in [-0.39, 0.29) is 18.3 Å². The summed E-state index contributed by atoms with van der Waals surface area (Å²) in [7, 11) is 1.64. The van der Waals surface area contributed by atoms with E-state index in [0.717, 1.165) is 30.8 Å². The van der Waals surface area contributed by atoms with Crippen LogP contribution < -0.4 is 15.4 Å². The van der Waals surface area contributed by atoms with Crippen molar-refractivity contribution in [1.82, 2.24) is 5.32 Å². The van der Waals surface area contributed by atoms with Gasteiger partial charge in [-0.3, -0.25) is 4.79 Å². The Balaban J connectivity index is 0.00000264. The van der Waals surface area contributed by atoms with Gasteiger partial charge in [-0.05, 0) is 56.5 Å². The summed E-state index contributed by atoms with van der Waals surface area (Å²) in [6, 6.07) is 5.80. The first kappa shape index (κ1) is 19.7. The van der Waals surface area contributed by atoms with Crippen LogP contribution in [-0.2, 0) is 9.53 Å². The highest BCUT2D eigenvalue weighted by molar-refractivity contribution is 5.92. The molecule has 1 fully saturated rings. The van der Waals surface area contributed by atoms with Gasteiger partial charge in [0.2, 0.25) is 5.91 Å². The minimum atomic E-state index is 0. The first-order valence-corrected chi connectivity index (χ1v) is 7.92. The Labute approximate surface area is 144 Å². The molecular weight excluding hydrogens is 316 g/mol. The monoisotopic (exact) mass is 342 g/mol. The van der Waals surface area contributed by atoms with Crippen LogP contribution in [0, 0.1) is 12.8 Å². The number of anilines is 1. The summed E-state index contributed by atoms with van der Waals surface area (Å²) in [5.41, 5.74) is 1.83. The second-order valence-corrected chi connectivity index (χ2v) is 5.79. The Morgan fingerprint density at radius 3 is 2.91 bits per heavy atom. The molecule has 6 heteroatoms. The molecule has 1 aliphatic rings. The topological polar surface area (TPSA) is 59.6 Å². The number of aryl methyl sites for hydroxylation is 1. The number of amides is 1. The summed E-state index contributed by atoms with van der Waals surface area (Å²) >= 11 is 0. The van der Waals surface area contributed by atoms with Gasteiger partial charge < -0.3 is 20.1 Å². The van der Waals surface area contributed by atoms with E-state index in [1.165, 1.54) is 6.42 Å². The van der Waals surface area contributed by atoms with Gasteiger partial charge >= 0.3 is 0 Å². The predicted octanol–water partition coefficient (Wildman–Crippen LogP) is 2.77. The Morgan fingerprint density at radius 2 is 2.22 bits per heavy atom. The van der Waals surface area contributed by atoms with Gasteiger partial charge in [0.05, 0.1) is 12.3 Å². The average Bonchev–Trinajstić information content (AvgIpc) is 3.01. The molecule has 1 aromatic carbocycles. The number of rotatable bonds is 8. The molecule has 1 saturated heterocycles. The number of hydrogen-bond donors (Lipinski definition) is 2. The minimum Gasteiger partial charge on any atom is -0.489 e. The molecule has 0 spiro atoms. The van der Waals surface area contributed by atoms with E-state index < -0.39 is 0 Å². The number of carbonyl (C=O) groups excluding carboxylic acids is 1. The van der Waals surface area contributed by atoms with Crippen LogP contribution in [0.4, 0.5) is 5.69 Å². The molecule has 0 saturated carbocycles. The van der Waals surface area contributed by atoms with Crippen LogP contribution >= 0.6 is 12.4 Å². The number of carbonyl (C=O) groups is 1. The second-order valence-electron chi connectivity index (χ2n) is 5.79. The molecule has 1 atom stereocenters. The van der Waals surface area contributed by atoms with Crippen molar-refractivity contribution in [2.45, 2.75) is 26.2 Å². The number of methoxy groups -OCH3 is 1. The molecular formula is C17H27ClN2O3. The number of nitrogens with one attached hydrogen (secondary N) is 2. The van der Waals surface area contributed by atoms with Crippen molar-refractivity contribution in [2.24, 2.45) is 5.92 Å². The van der Waals surface area contributed by atoms with Gasteiger partial charge in [-0.1, -0.05) is 6.07 Å². The molecule has 0 aliphatic carbocycles. The lowest BCUT2D eigenvalue weighted by atomic mass is 10.0. The summed E-state index contributed by atoms with van der Waals surface area (Å²) in [5, 5.41) is 6.29. The van der Waals surface area contributed by atoms with E-state index in [1.807, 2.05) is 25.1 Å². The van der Waals surface area contributed by atoms with Crippen molar-refractivity contribution >= 4 is 24.0 Å². The fourth-order valence-corrected chi connectivity index (χ4v) is 2.60. The first-order valence-electron chi connectivity index (χ1n) is 7.92. The Bertz CT molecular complexity index is 491. The maximum atomic E-state index is 12.1. The highest BCUT2D eigenvalue weighted by Gasteiger charge is 2.16. The zero-order valence-electron chi connectivity index (χ0n) is 13.9. The number of ether oxygens (including phenoxy) is 2. The van der Waals surface area contributed by atoms with E-state index in [4.69, 9.17) is 9.47 Å². The third-order valence-corrected chi connectivity index (χ3v) is 3.90. The number of hydrogen-bond acceptors (Lipinski definition) is 4. The third-order valence-electron chi connectivity index (χ3n) is 3.90. The van der Waals surface area contributed by atoms with Gasteiger partial charge in [0.25, 0.3) is 0 Å². The zero-order chi connectivity index (χ0) is 15.8. The van der Waals surface area contributed by atoms with E-state index in [0.29, 0.717) is 31.3 Å². The van der Waals surface area contributed by atoms with E-state index in [1.54, 1.807) is 7.11 Å². The average molecular weight is 343 g/mol. The van der Waals surface area contributed by atoms with Crippen LogP contribution in [0.5, 0.6) is 5.75 Å². The van der Waals surface area contributed by atoms with E-state index in [9.17, 15) is 4.79 Å². The molecule has 2 N–H and O–H groups in total. The van der Waals surface area contributed by atoms with Crippen LogP contribution in [0.2, 0.25) is 0 Å². The fraction of sp³-hybridized carbons (Fsp3) is 0.588. The molecule has 2 rings (SSSR count). The molecule has 1 aliphatic heterocycles. The molecule has 1 aromatic rings. The van der Waals surface area contributed by atoms with Crippen molar-refractivity contribution in [2.75, 3.05) is 38.7 Å². The van der Waals surface area contributed by atoms with Crippen LogP contribution in [0.15, 0.2) is 18.2 Å². The normalized spacial score (nSPS) is 16.7. The lowest BCUT2D eigenvalue weighted by molar-refractivity contribution is -0.116. The summed E-state index contributed by atoms with van der Waals surface area (Å²) in [4.78, 5) is 12.1. The zero-order valence-corrected chi connectivity index (χ0v) is 14.7. The molecule has 5 nitrogen and oxygen atoms in total. The standard InChI is InChI=1S/C17H26N2O3.ClH/c1-13-3-5-15(16(11-13)22-10-9-21-2)19-17(20)6-4-14-7-8-18-12-14;/h3,5,11,14,18H,4,6-10,12H2,1-2H3,(H,19,20);1H. The molecule has 0 aromatic heterocycles. The van der Waals surface area contributed by atoms with Crippen molar-refractivity contribution in [3.63, 3.8) is 0 Å². The Morgan fingerprint density at radius 1 is 1.39 bits per heavy atom. The maximum absolute atomic E-state index is 12.1. The Hall–Kier alpha value is -1.30. The van der Waals surface area contributed by atoms with Crippen molar-refractivity contribution in [3.05, 3.63) is 23.8 Å². The van der Waals surface area contributed by atoms with Crippen LogP contribution in [0.3, 0.4) is 0 Å². The minimum absolute atomic E-state index is 0. The van der Waals surface area contributed by atoms with Crippen molar-refractivity contribution < 1.29 is 14.3 Å². The smallest absolute Gasteiger partial charge is 0.224 e. The maximum Gasteiger partial charge on any atom is 0.224 e. The van der Waals surface area contributed by atoms with Gasteiger partial charge in [0.15, 0.2) is 0 Å². The Kier molecular flexibility index (Phi) is 8.99.